The van der Waals surface area contributed by atoms with Crippen LogP contribution in [0.4, 0.5) is 5.82 Å². The monoisotopic (exact) mass is 444 g/mol. The Labute approximate surface area is 185 Å². The van der Waals surface area contributed by atoms with Crippen molar-refractivity contribution in [3.8, 4) is 5.75 Å². The van der Waals surface area contributed by atoms with Crippen LogP contribution in [-0.4, -0.2) is 55.2 Å². The van der Waals surface area contributed by atoms with Gasteiger partial charge in [-0.1, -0.05) is 18.2 Å². The van der Waals surface area contributed by atoms with E-state index in [2.05, 4.69) is 11.0 Å². The van der Waals surface area contributed by atoms with Crippen molar-refractivity contribution in [2.75, 3.05) is 37.4 Å². The van der Waals surface area contributed by atoms with Gasteiger partial charge in [-0.2, -0.15) is 4.31 Å². The van der Waals surface area contributed by atoms with Crippen LogP contribution in [0.2, 0.25) is 0 Å². The van der Waals surface area contributed by atoms with Gasteiger partial charge in [0.1, 0.15) is 17.4 Å². The first-order valence-corrected chi connectivity index (χ1v) is 12.8. The van der Waals surface area contributed by atoms with Gasteiger partial charge in [-0.3, -0.25) is 0 Å². The second kappa shape index (κ2) is 9.12. The van der Waals surface area contributed by atoms with Crippen LogP contribution in [0.15, 0.2) is 24.3 Å². The lowest BCUT2D eigenvalue weighted by atomic mass is 10.0. The maximum atomic E-state index is 12.6. The Bertz CT molecular complexity index is 1040. The van der Waals surface area contributed by atoms with E-state index in [0.29, 0.717) is 12.4 Å². The molecule has 2 aliphatic rings. The zero-order valence-electron chi connectivity index (χ0n) is 18.7. The van der Waals surface area contributed by atoms with Gasteiger partial charge in [-0.05, 0) is 57.6 Å². The van der Waals surface area contributed by atoms with E-state index in [1.807, 2.05) is 25.1 Å². The van der Waals surface area contributed by atoms with Crippen LogP contribution in [0.3, 0.4) is 0 Å². The predicted octanol–water partition coefficient (Wildman–Crippen LogP) is 3.28. The molecule has 0 saturated carbocycles. The highest BCUT2D eigenvalue weighted by Crippen LogP contribution is 2.36. The number of nitrogens with zero attached hydrogens (tertiary/aromatic N) is 4. The van der Waals surface area contributed by atoms with Crippen molar-refractivity contribution < 1.29 is 13.2 Å². The van der Waals surface area contributed by atoms with Crippen molar-refractivity contribution in [1.29, 1.82) is 0 Å². The van der Waals surface area contributed by atoms with Crippen LogP contribution >= 0.6 is 0 Å². The van der Waals surface area contributed by atoms with E-state index in [4.69, 9.17) is 14.7 Å². The first-order valence-electron chi connectivity index (χ1n) is 11.2. The van der Waals surface area contributed by atoms with E-state index in [-0.39, 0.29) is 11.8 Å². The molecule has 1 aromatic heterocycles. The molecule has 0 spiro atoms. The number of methoxy groups -OCH3 is 1. The van der Waals surface area contributed by atoms with Crippen LogP contribution in [-0.2, 0) is 22.9 Å². The number of rotatable bonds is 7. The molecule has 1 saturated heterocycles. The molecule has 1 fully saturated rings. The fourth-order valence-electron chi connectivity index (χ4n) is 4.74. The minimum atomic E-state index is -3.27. The van der Waals surface area contributed by atoms with Gasteiger partial charge in [-0.15, -0.1) is 0 Å². The summed E-state index contributed by atoms with van der Waals surface area (Å²) >= 11 is 0. The van der Waals surface area contributed by atoms with Gasteiger partial charge < -0.3 is 9.64 Å². The number of anilines is 1. The Hall–Kier alpha value is -2.19. The van der Waals surface area contributed by atoms with Crippen LogP contribution in [0.5, 0.6) is 5.75 Å². The topological polar surface area (TPSA) is 75.6 Å². The standard InChI is InChI=1S/C23H32N4O3S/c1-4-31(28,29)27-15-8-11-20(27)22-24-17(2)19-10-7-14-26(23(19)25-22)16-13-18-9-5-6-12-21(18)30-3/h5-6,9,12,20H,4,7-8,10-11,13-16H2,1-3H3/t20-/m1/s1. The molecule has 7 nitrogen and oxygen atoms in total. The molecule has 2 aliphatic heterocycles. The Morgan fingerprint density at radius 3 is 2.74 bits per heavy atom. The molecule has 0 radical (unpaired) electrons. The van der Waals surface area contributed by atoms with Gasteiger partial charge in [0.15, 0.2) is 0 Å². The second-order valence-corrected chi connectivity index (χ2v) is 10.5. The number of para-hydroxylation sites is 1. The third-order valence-corrected chi connectivity index (χ3v) is 8.31. The highest BCUT2D eigenvalue weighted by atomic mass is 32.2. The van der Waals surface area contributed by atoms with Crippen molar-refractivity contribution in [3.05, 3.63) is 46.9 Å². The molecule has 31 heavy (non-hydrogen) atoms. The number of benzene rings is 1. The number of aromatic nitrogens is 2. The van der Waals surface area contributed by atoms with E-state index >= 15 is 0 Å². The Balaban J connectivity index is 1.62. The number of hydrogen-bond donors (Lipinski definition) is 0. The zero-order chi connectivity index (χ0) is 22.0. The van der Waals surface area contributed by atoms with Crippen LogP contribution < -0.4 is 9.64 Å². The van der Waals surface area contributed by atoms with E-state index < -0.39 is 10.0 Å². The highest BCUT2D eigenvalue weighted by Gasteiger charge is 2.37. The van der Waals surface area contributed by atoms with Gasteiger partial charge in [0.2, 0.25) is 10.0 Å². The van der Waals surface area contributed by atoms with E-state index in [0.717, 1.165) is 62.5 Å². The largest absolute Gasteiger partial charge is 0.496 e. The van der Waals surface area contributed by atoms with E-state index in [9.17, 15) is 8.42 Å². The van der Waals surface area contributed by atoms with Crippen molar-refractivity contribution in [2.45, 2.75) is 52.0 Å². The quantitative estimate of drug-likeness (QED) is 0.652. The van der Waals surface area contributed by atoms with Crippen molar-refractivity contribution >= 4 is 15.8 Å². The summed E-state index contributed by atoms with van der Waals surface area (Å²) in [5.74, 6) is 2.64. The molecular weight excluding hydrogens is 412 g/mol. The first kappa shape index (κ1) is 22.0. The van der Waals surface area contributed by atoms with Crippen molar-refractivity contribution in [3.63, 3.8) is 0 Å². The summed E-state index contributed by atoms with van der Waals surface area (Å²) in [4.78, 5) is 12.1. The Morgan fingerprint density at radius 2 is 1.97 bits per heavy atom. The van der Waals surface area contributed by atoms with Crippen LogP contribution in [0, 0.1) is 6.92 Å². The SMILES string of the molecule is CCS(=O)(=O)N1CCC[C@@H]1c1nc(C)c2c(n1)N(CCc1ccccc1OC)CCC2. The summed E-state index contributed by atoms with van der Waals surface area (Å²) in [5, 5.41) is 0. The summed E-state index contributed by atoms with van der Waals surface area (Å²) in [7, 11) is -1.57. The molecule has 168 valence electrons. The summed E-state index contributed by atoms with van der Waals surface area (Å²) in [6.07, 6.45) is 4.53. The predicted molar refractivity (Wildman–Crippen MR) is 122 cm³/mol. The molecule has 0 aliphatic carbocycles. The van der Waals surface area contributed by atoms with Crippen LogP contribution in [0.1, 0.15) is 54.9 Å². The van der Waals surface area contributed by atoms with Crippen molar-refractivity contribution in [1.82, 2.24) is 14.3 Å². The molecule has 0 bridgehead atoms. The first-order chi connectivity index (χ1) is 14.9. The molecule has 1 aromatic carbocycles. The van der Waals surface area contributed by atoms with Gasteiger partial charge >= 0.3 is 0 Å². The number of fused-ring (bicyclic) bond motifs is 1. The van der Waals surface area contributed by atoms with Gasteiger partial charge in [-0.25, -0.2) is 18.4 Å². The minimum Gasteiger partial charge on any atom is -0.496 e. The number of aryl methyl sites for hydroxylation is 1. The van der Waals surface area contributed by atoms with E-state index in [1.54, 1.807) is 18.3 Å². The minimum absolute atomic E-state index is 0.110. The lowest BCUT2D eigenvalue weighted by Crippen LogP contribution is -2.35. The average Bonchev–Trinajstić information content (AvgIpc) is 3.29. The Morgan fingerprint density at radius 1 is 1.16 bits per heavy atom. The van der Waals surface area contributed by atoms with Crippen LogP contribution in [0.25, 0.3) is 0 Å². The number of hydrogen-bond acceptors (Lipinski definition) is 6. The molecule has 0 N–H and O–H groups in total. The lowest BCUT2D eigenvalue weighted by Gasteiger charge is -2.32. The fraction of sp³-hybridized carbons (Fsp3) is 0.565. The number of sulfonamides is 1. The number of ether oxygens (including phenoxy) is 1. The third kappa shape index (κ3) is 4.41. The third-order valence-electron chi connectivity index (χ3n) is 6.43. The summed E-state index contributed by atoms with van der Waals surface area (Å²) in [6, 6.07) is 7.86. The average molecular weight is 445 g/mol. The molecule has 8 heteroatoms. The maximum absolute atomic E-state index is 12.6. The maximum Gasteiger partial charge on any atom is 0.214 e. The molecular formula is C23H32N4O3S. The second-order valence-electron chi connectivity index (χ2n) is 8.29. The summed E-state index contributed by atoms with van der Waals surface area (Å²) in [5.41, 5.74) is 3.35. The molecule has 1 atom stereocenters. The van der Waals surface area contributed by atoms with Gasteiger partial charge in [0, 0.05) is 30.9 Å². The van der Waals surface area contributed by atoms with Gasteiger partial charge in [0.05, 0.1) is 18.9 Å². The molecule has 3 heterocycles. The van der Waals surface area contributed by atoms with E-state index in [1.165, 1.54) is 11.1 Å². The van der Waals surface area contributed by atoms with Crippen molar-refractivity contribution in [2.24, 2.45) is 0 Å². The summed E-state index contributed by atoms with van der Waals surface area (Å²) < 4.78 is 32.3. The molecule has 0 amide bonds. The Kier molecular flexibility index (Phi) is 6.48. The molecule has 4 rings (SSSR count). The fourth-order valence-corrected chi connectivity index (χ4v) is 6.06. The zero-order valence-corrected chi connectivity index (χ0v) is 19.5. The highest BCUT2D eigenvalue weighted by molar-refractivity contribution is 7.89. The smallest absolute Gasteiger partial charge is 0.214 e. The summed E-state index contributed by atoms with van der Waals surface area (Å²) in [6.45, 7) is 6.06. The molecule has 0 unspecified atom stereocenters. The normalized spacial score (nSPS) is 19.5. The molecule has 2 aromatic rings. The van der Waals surface area contributed by atoms with Gasteiger partial charge in [0.25, 0.3) is 0 Å². The lowest BCUT2D eigenvalue weighted by molar-refractivity contribution is 0.383.